The third-order valence-electron chi connectivity index (χ3n) is 3.54. The fraction of sp³-hybridized carbons (Fsp3) is 0.769. The molecule has 1 aliphatic rings. The van der Waals surface area contributed by atoms with Gasteiger partial charge < -0.3 is 14.2 Å². The maximum absolute atomic E-state index is 12.3. The van der Waals surface area contributed by atoms with Crippen molar-refractivity contribution in [1.82, 2.24) is 19.7 Å². The van der Waals surface area contributed by atoms with E-state index in [1.54, 1.807) is 7.11 Å². The van der Waals surface area contributed by atoms with Gasteiger partial charge in [0.25, 0.3) is 5.91 Å². The van der Waals surface area contributed by atoms with Gasteiger partial charge in [0.05, 0.1) is 6.54 Å². The third kappa shape index (κ3) is 2.63. The lowest BCUT2D eigenvalue weighted by atomic mass is 10.2. The first-order valence-corrected chi connectivity index (χ1v) is 6.82. The number of aromatic nitrogens is 3. The summed E-state index contributed by atoms with van der Waals surface area (Å²) in [6.07, 6.45) is 0.342. The smallest absolute Gasteiger partial charge is 0.252 e. The van der Waals surface area contributed by atoms with Gasteiger partial charge in [0.15, 0.2) is 5.82 Å². The number of hydrogen-bond acceptors (Lipinski definition) is 4. The number of nitrogens with zero attached hydrogens (tertiary/aromatic N) is 4. The zero-order valence-corrected chi connectivity index (χ0v) is 12.1. The van der Waals surface area contributed by atoms with Gasteiger partial charge in [-0.3, -0.25) is 4.79 Å². The van der Waals surface area contributed by atoms with Gasteiger partial charge in [0.1, 0.15) is 11.9 Å². The van der Waals surface area contributed by atoms with Crippen molar-refractivity contribution in [3.05, 3.63) is 11.6 Å². The van der Waals surface area contributed by atoms with Gasteiger partial charge in [-0.2, -0.15) is 0 Å². The van der Waals surface area contributed by atoms with Crippen LogP contribution in [-0.2, 0) is 22.6 Å². The Bertz CT molecular complexity index is 451. The first-order valence-electron chi connectivity index (χ1n) is 6.82. The summed E-state index contributed by atoms with van der Waals surface area (Å²) in [5.74, 6) is 2.27. The van der Waals surface area contributed by atoms with Gasteiger partial charge >= 0.3 is 0 Å². The van der Waals surface area contributed by atoms with E-state index in [9.17, 15) is 4.79 Å². The van der Waals surface area contributed by atoms with Crippen molar-refractivity contribution in [1.29, 1.82) is 0 Å². The normalized spacial score (nSPS) is 16.6. The van der Waals surface area contributed by atoms with E-state index < -0.39 is 0 Å². The molecule has 2 rings (SSSR count). The summed E-state index contributed by atoms with van der Waals surface area (Å²) in [5, 5.41) is 8.42. The van der Waals surface area contributed by atoms with Crippen LogP contribution >= 0.6 is 0 Å². The second-order valence-electron chi connectivity index (χ2n) is 5.17. The SMILES string of the molecule is CC[C@@H](OC)C(=O)N1CCn2c(nnc2C(C)C)C1. The van der Waals surface area contributed by atoms with Gasteiger partial charge in [0.2, 0.25) is 0 Å². The lowest BCUT2D eigenvalue weighted by molar-refractivity contribution is -0.143. The van der Waals surface area contributed by atoms with Crippen LogP contribution in [0.1, 0.15) is 44.8 Å². The zero-order valence-electron chi connectivity index (χ0n) is 12.1. The zero-order chi connectivity index (χ0) is 14.0. The van der Waals surface area contributed by atoms with Crippen LogP contribution in [0.5, 0.6) is 0 Å². The predicted molar refractivity (Wildman–Crippen MR) is 70.6 cm³/mol. The van der Waals surface area contributed by atoms with Crippen molar-refractivity contribution in [2.45, 2.75) is 52.3 Å². The summed E-state index contributed by atoms with van der Waals surface area (Å²) in [5.41, 5.74) is 0. The molecule has 1 aromatic heterocycles. The van der Waals surface area contributed by atoms with E-state index in [-0.39, 0.29) is 12.0 Å². The highest BCUT2D eigenvalue weighted by atomic mass is 16.5. The second kappa shape index (κ2) is 5.69. The Balaban J connectivity index is 2.12. The van der Waals surface area contributed by atoms with E-state index in [0.717, 1.165) is 18.2 Å². The van der Waals surface area contributed by atoms with Gasteiger partial charge in [-0.15, -0.1) is 10.2 Å². The van der Waals surface area contributed by atoms with Crippen molar-refractivity contribution in [3.63, 3.8) is 0 Å². The van der Waals surface area contributed by atoms with E-state index in [2.05, 4.69) is 28.6 Å². The maximum Gasteiger partial charge on any atom is 0.252 e. The maximum atomic E-state index is 12.3. The Morgan fingerprint density at radius 3 is 2.68 bits per heavy atom. The first kappa shape index (κ1) is 14.0. The summed E-state index contributed by atoms with van der Waals surface area (Å²) < 4.78 is 7.34. The largest absolute Gasteiger partial charge is 0.372 e. The van der Waals surface area contributed by atoms with E-state index in [1.807, 2.05) is 11.8 Å². The Kier molecular flexibility index (Phi) is 4.19. The van der Waals surface area contributed by atoms with Gasteiger partial charge in [-0.1, -0.05) is 20.8 Å². The minimum Gasteiger partial charge on any atom is -0.372 e. The van der Waals surface area contributed by atoms with Crippen LogP contribution in [0, 0.1) is 0 Å². The molecule has 6 nitrogen and oxygen atoms in total. The molecule has 0 bridgehead atoms. The molecule has 0 aromatic carbocycles. The molecule has 1 aliphatic heterocycles. The lowest BCUT2D eigenvalue weighted by Crippen LogP contribution is -2.44. The third-order valence-corrected chi connectivity index (χ3v) is 3.54. The fourth-order valence-corrected chi connectivity index (χ4v) is 2.44. The molecule has 6 heteroatoms. The molecule has 1 aromatic rings. The molecule has 0 aliphatic carbocycles. The molecule has 0 spiro atoms. The van der Waals surface area contributed by atoms with Crippen LogP contribution in [0.25, 0.3) is 0 Å². The van der Waals surface area contributed by atoms with Crippen molar-refractivity contribution < 1.29 is 9.53 Å². The van der Waals surface area contributed by atoms with Crippen molar-refractivity contribution in [2.75, 3.05) is 13.7 Å². The van der Waals surface area contributed by atoms with Gasteiger partial charge in [0, 0.05) is 26.1 Å². The molecule has 0 unspecified atom stereocenters. The van der Waals surface area contributed by atoms with E-state index in [1.165, 1.54) is 0 Å². The van der Waals surface area contributed by atoms with Crippen LogP contribution in [0.2, 0.25) is 0 Å². The highest BCUT2D eigenvalue weighted by Crippen LogP contribution is 2.19. The minimum absolute atomic E-state index is 0.0466. The van der Waals surface area contributed by atoms with Crippen LogP contribution < -0.4 is 0 Å². The summed E-state index contributed by atoms with van der Waals surface area (Å²) in [4.78, 5) is 14.1. The van der Waals surface area contributed by atoms with Crippen molar-refractivity contribution in [2.24, 2.45) is 0 Å². The summed E-state index contributed by atoms with van der Waals surface area (Å²) in [7, 11) is 1.58. The molecular formula is C13H22N4O2. The van der Waals surface area contributed by atoms with E-state index in [0.29, 0.717) is 25.4 Å². The number of hydrogen-bond donors (Lipinski definition) is 0. The van der Waals surface area contributed by atoms with Crippen LogP contribution in [-0.4, -0.2) is 45.3 Å². The van der Waals surface area contributed by atoms with Crippen LogP contribution in [0.4, 0.5) is 0 Å². The molecule has 2 heterocycles. The van der Waals surface area contributed by atoms with E-state index >= 15 is 0 Å². The Hall–Kier alpha value is -1.43. The van der Waals surface area contributed by atoms with Crippen molar-refractivity contribution >= 4 is 5.91 Å². The number of amides is 1. The molecule has 0 fully saturated rings. The number of ether oxygens (including phenoxy) is 1. The molecule has 19 heavy (non-hydrogen) atoms. The Labute approximate surface area is 113 Å². The highest BCUT2D eigenvalue weighted by Gasteiger charge is 2.28. The molecule has 0 saturated carbocycles. The summed E-state index contributed by atoms with van der Waals surface area (Å²) in [6.45, 7) is 8.15. The van der Waals surface area contributed by atoms with Crippen LogP contribution in [0.3, 0.4) is 0 Å². The number of methoxy groups -OCH3 is 1. The van der Waals surface area contributed by atoms with Crippen LogP contribution in [0.15, 0.2) is 0 Å². The monoisotopic (exact) mass is 266 g/mol. The Morgan fingerprint density at radius 2 is 2.11 bits per heavy atom. The topological polar surface area (TPSA) is 60.2 Å². The molecule has 106 valence electrons. The van der Waals surface area contributed by atoms with Crippen molar-refractivity contribution in [3.8, 4) is 0 Å². The predicted octanol–water partition coefficient (Wildman–Crippen LogP) is 1.17. The quantitative estimate of drug-likeness (QED) is 0.820. The minimum atomic E-state index is -0.348. The van der Waals surface area contributed by atoms with E-state index in [4.69, 9.17) is 4.74 Å². The van der Waals surface area contributed by atoms with Gasteiger partial charge in [-0.05, 0) is 6.42 Å². The first-order chi connectivity index (χ1) is 9.08. The number of fused-ring (bicyclic) bond motifs is 1. The lowest BCUT2D eigenvalue weighted by Gasteiger charge is -2.30. The molecule has 1 atom stereocenters. The molecular weight excluding hydrogens is 244 g/mol. The average molecular weight is 266 g/mol. The Morgan fingerprint density at radius 1 is 1.37 bits per heavy atom. The second-order valence-corrected chi connectivity index (χ2v) is 5.17. The number of carbonyl (C=O) groups is 1. The fourth-order valence-electron chi connectivity index (χ4n) is 2.44. The van der Waals surface area contributed by atoms with Gasteiger partial charge in [-0.25, -0.2) is 0 Å². The molecule has 0 N–H and O–H groups in total. The summed E-state index contributed by atoms with van der Waals surface area (Å²) >= 11 is 0. The average Bonchev–Trinajstić information content (AvgIpc) is 2.82. The molecule has 0 radical (unpaired) electrons. The standard InChI is InChI=1S/C13H22N4O2/c1-5-10(19-4)13(18)16-6-7-17-11(8-16)14-15-12(17)9(2)3/h9-10H,5-8H2,1-4H3/t10-/m1/s1. The number of carbonyl (C=O) groups excluding carboxylic acids is 1. The summed E-state index contributed by atoms with van der Waals surface area (Å²) in [6, 6.07) is 0. The molecule has 1 amide bonds. The number of rotatable bonds is 4. The highest BCUT2D eigenvalue weighted by molar-refractivity contribution is 5.80. The molecule has 0 saturated heterocycles.